The van der Waals surface area contributed by atoms with Crippen molar-refractivity contribution in [3.8, 4) is 16.9 Å². The number of phenolic OH excluding ortho intramolecular Hbond substituents is 1. The number of hydrogen-bond acceptors (Lipinski definition) is 2. The molecule has 0 saturated carbocycles. The molecule has 2 N–H and O–H groups in total. The molecular formula is C13H12INO. The quantitative estimate of drug-likeness (QED) is 0.669. The third-order valence-corrected chi connectivity index (χ3v) is 2.81. The monoisotopic (exact) mass is 325 g/mol. The van der Waals surface area contributed by atoms with E-state index < -0.39 is 0 Å². The fourth-order valence-corrected chi connectivity index (χ4v) is 1.99. The lowest BCUT2D eigenvalue weighted by molar-refractivity contribution is 0.475. The van der Waals surface area contributed by atoms with Gasteiger partial charge in [-0.1, -0.05) is 36.4 Å². The van der Waals surface area contributed by atoms with E-state index in [1.807, 2.05) is 12.1 Å². The molecule has 0 unspecified atom stereocenters. The Morgan fingerprint density at radius 1 is 0.875 bits per heavy atom. The first kappa shape index (κ1) is 11.4. The number of phenols is 1. The van der Waals surface area contributed by atoms with Crippen molar-refractivity contribution in [3.05, 3.63) is 54.1 Å². The van der Waals surface area contributed by atoms with Crippen LogP contribution in [-0.2, 0) is 6.54 Å². The van der Waals surface area contributed by atoms with Gasteiger partial charge in [0.05, 0.1) is 0 Å². The van der Waals surface area contributed by atoms with Crippen molar-refractivity contribution >= 4 is 22.9 Å². The number of rotatable bonds is 3. The molecular weight excluding hydrogens is 313 g/mol. The lowest BCUT2D eigenvalue weighted by atomic mass is 10.0. The zero-order valence-corrected chi connectivity index (χ0v) is 10.8. The zero-order chi connectivity index (χ0) is 11.4. The standard InChI is InChI=1S/C13H12INO/c14-15-9-10-1-3-11(4-2-10)12-5-7-13(16)8-6-12/h1-8,15-16H,9H2. The van der Waals surface area contributed by atoms with Crippen molar-refractivity contribution in [2.75, 3.05) is 0 Å². The second-order valence-electron chi connectivity index (χ2n) is 3.55. The van der Waals surface area contributed by atoms with Crippen LogP contribution in [0.2, 0.25) is 0 Å². The normalized spacial score (nSPS) is 10.3. The summed E-state index contributed by atoms with van der Waals surface area (Å²) in [5.74, 6) is 0.300. The van der Waals surface area contributed by atoms with Crippen LogP contribution < -0.4 is 3.53 Å². The van der Waals surface area contributed by atoms with Gasteiger partial charge in [0.2, 0.25) is 0 Å². The minimum Gasteiger partial charge on any atom is -0.508 e. The van der Waals surface area contributed by atoms with Gasteiger partial charge in [-0.25, -0.2) is 0 Å². The molecule has 0 amide bonds. The van der Waals surface area contributed by atoms with Crippen LogP contribution in [-0.4, -0.2) is 5.11 Å². The van der Waals surface area contributed by atoms with Crippen LogP contribution in [0.1, 0.15) is 5.56 Å². The molecule has 0 bridgehead atoms. The number of hydrogen-bond donors (Lipinski definition) is 2. The average molecular weight is 325 g/mol. The van der Waals surface area contributed by atoms with Gasteiger partial charge in [-0.3, -0.25) is 3.53 Å². The second-order valence-corrected chi connectivity index (χ2v) is 4.32. The third kappa shape index (κ3) is 2.74. The Bertz CT molecular complexity index is 450. The van der Waals surface area contributed by atoms with Gasteiger partial charge in [-0.05, 0) is 28.8 Å². The Morgan fingerprint density at radius 2 is 1.38 bits per heavy atom. The van der Waals surface area contributed by atoms with E-state index >= 15 is 0 Å². The predicted octanol–water partition coefficient (Wildman–Crippen LogP) is 3.50. The summed E-state index contributed by atoms with van der Waals surface area (Å²) in [6, 6.07) is 15.6. The van der Waals surface area contributed by atoms with E-state index in [9.17, 15) is 5.11 Å². The molecule has 0 heterocycles. The summed E-state index contributed by atoms with van der Waals surface area (Å²) in [7, 11) is 0. The van der Waals surface area contributed by atoms with Crippen LogP contribution in [0.15, 0.2) is 48.5 Å². The van der Waals surface area contributed by atoms with Crippen LogP contribution in [0, 0.1) is 0 Å². The van der Waals surface area contributed by atoms with Gasteiger partial charge in [0.1, 0.15) is 5.75 Å². The van der Waals surface area contributed by atoms with Gasteiger partial charge in [0.25, 0.3) is 0 Å². The first-order valence-electron chi connectivity index (χ1n) is 5.01. The summed E-state index contributed by atoms with van der Waals surface area (Å²) in [5.41, 5.74) is 3.54. The lowest BCUT2D eigenvalue weighted by Crippen LogP contribution is -1.96. The van der Waals surface area contributed by atoms with Gasteiger partial charge in [0, 0.05) is 29.4 Å². The molecule has 0 atom stereocenters. The molecule has 2 rings (SSSR count). The predicted molar refractivity (Wildman–Crippen MR) is 74.4 cm³/mol. The summed E-state index contributed by atoms with van der Waals surface area (Å²) < 4.78 is 3.09. The number of aromatic hydroxyl groups is 1. The third-order valence-electron chi connectivity index (χ3n) is 2.43. The number of benzene rings is 2. The SMILES string of the molecule is Oc1ccc(-c2ccc(CNI)cc2)cc1. The summed E-state index contributed by atoms with van der Waals surface area (Å²) in [6.07, 6.45) is 0. The summed E-state index contributed by atoms with van der Waals surface area (Å²) >= 11 is 2.14. The Labute approximate surface area is 109 Å². The highest BCUT2D eigenvalue weighted by Crippen LogP contribution is 2.22. The van der Waals surface area contributed by atoms with Gasteiger partial charge < -0.3 is 5.11 Å². The maximum atomic E-state index is 9.21. The summed E-state index contributed by atoms with van der Waals surface area (Å²) in [5, 5.41) is 9.21. The molecule has 0 aliphatic heterocycles. The molecule has 16 heavy (non-hydrogen) atoms. The van der Waals surface area contributed by atoms with Gasteiger partial charge >= 0.3 is 0 Å². The molecule has 0 aliphatic rings. The second kappa shape index (κ2) is 5.32. The van der Waals surface area contributed by atoms with E-state index in [1.54, 1.807) is 12.1 Å². The Balaban J connectivity index is 2.24. The minimum absolute atomic E-state index is 0.300. The Hall–Kier alpha value is -1.07. The first-order valence-corrected chi connectivity index (χ1v) is 6.09. The lowest BCUT2D eigenvalue weighted by Gasteiger charge is -2.04. The minimum atomic E-state index is 0.300. The maximum Gasteiger partial charge on any atom is 0.115 e. The van der Waals surface area contributed by atoms with Crippen LogP contribution >= 0.6 is 22.9 Å². The van der Waals surface area contributed by atoms with Crippen molar-refractivity contribution in [2.45, 2.75) is 6.54 Å². The Morgan fingerprint density at radius 3 is 1.88 bits per heavy atom. The molecule has 2 aromatic carbocycles. The van der Waals surface area contributed by atoms with E-state index in [0.29, 0.717) is 5.75 Å². The summed E-state index contributed by atoms with van der Waals surface area (Å²) in [4.78, 5) is 0. The zero-order valence-electron chi connectivity index (χ0n) is 8.65. The molecule has 0 spiro atoms. The smallest absolute Gasteiger partial charge is 0.115 e. The molecule has 0 aliphatic carbocycles. The van der Waals surface area contributed by atoms with Crippen molar-refractivity contribution in [3.63, 3.8) is 0 Å². The van der Waals surface area contributed by atoms with Crippen molar-refractivity contribution in [1.29, 1.82) is 0 Å². The number of halogens is 1. The fraction of sp³-hybridized carbons (Fsp3) is 0.0769. The van der Waals surface area contributed by atoms with E-state index in [1.165, 1.54) is 5.56 Å². The molecule has 0 radical (unpaired) electrons. The largest absolute Gasteiger partial charge is 0.508 e. The van der Waals surface area contributed by atoms with Crippen molar-refractivity contribution in [1.82, 2.24) is 3.53 Å². The molecule has 2 aromatic rings. The van der Waals surface area contributed by atoms with E-state index in [2.05, 4.69) is 50.7 Å². The number of nitrogens with one attached hydrogen (secondary N) is 1. The molecule has 82 valence electrons. The molecule has 2 nitrogen and oxygen atoms in total. The highest BCUT2D eigenvalue weighted by atomic mass is 127. The highest BCUT2D eigenvalue weighted by Gasteiger charge is 1.98. The van der Waals surface area contributed by atoms with Crippen molar-refractivity contribution in [2.24, 2.45) is 0 Å². The van der Waals surface area contributed by atoms with Crippen LogP contribution in [0.5, 0.6) is 5.75 Å². The van der Waals surface area contributed by atoms with Crippen molar-refractivity contribution < 1.29 is 5.11 Å². The molecule has 0 fully saturated rings. The first-order chi connectivity index (χ1) is 7.79. The topological polar surface area (TPSA) is 32.3 Å². The Kier molecular flexibility index (Phi) is 3.79. The highest BCUT2D eigenvalue weighted by molar-refractivity contribution is 14.1. The maximum absolute atomic E-state index is 9.21. The van der Waals surface area contributed by atoms with Gasteiger partial charge in [-0.15, -0.1) is 0 Å². The van der Waals surface area contributed by atoms with E-state index in [0.717, 1.165) is 17.7 Å². The molecule has 0 aromatic heterocycles. The van der Waals surface area contributed by atoms with Crippen LogP contribution in [0.3, 0.4) is 0 Å². The average Bonchev–Trinajstić information content (AvgIpc) is 2.32. The van der Waals surface area contributed by atoms with Gasteiger partial charge in [-0.2, -0.15) is 0 Å². The summed E-state index contributed by atoms with van der Waals surface area (Å²) in [6.45, 7) is 0.871. The molecule has 3 heteroatoms. The molecule has 0 saturated heterocycles. The van der Waals surface area contributed by atoms with Gasteiger partial charge in [0.15, 0.2) is 0 Å². The van der Waals surface area contributed by atoms with Crippen LogP contribution in [0.25, 0.3) is 11.1 Å². The van der Waals surface area contributed by atoms with Crippen LogP contribution in [0.4, 0.5) is 0 Å². The van der Waals surface area contributed by atoms with E-state index in [-0.39, 0.29) is 0 Å². The fourth-order valence-electron chi connectivity index (χ4n) is 1.55. The van der Waals surface area contributed by atoms with E-state index in [4.69, 9.17) is 0 Å².